The second-order valence-electron chi connectivity index (χ2n) is 5.72. The summed E-state index contributed by atoms with van der Waals surface area (Å²) in [5.74, 6) is -0.309. The zero-order chi connectivity index (χ0) is 15.8. The van der Waals surface area contributed by atoms with Crippen LogP contribution < -0.4 is 0 Å². The van der Waals surface area contributed by atoms with Crippen molar-refractivity contribution in [3.63, 3.8) is 0 Å². The van der Waals surface area contributed by atoms with E-state index in [1.54, 1.807) is 0 Å². The highest BCUT2D eigenvalue weighted by molar-refractivity contribution is 7.89. The lowest BCUT2D eigenvalue weighted by molar-refractivity contribution is 0.263. The number of hydrogen-bond donors (Lipinski definition) is 0. The van der Waals surface area contributed by atoms with Gasteiger partial charge in [0, 0.05) is 25.0 Å². The Morgan fingerprint density at radius 3 is 2.57 bits per heavy atom. The van der Waals surface area contributed by atoms with Gasteiger partial charge in [-0.05, 0) is 37.7 Å². The second kappa shape index (κ2) is 6.20. The summed E-state index contributed by atoms with van der Waals surface area (Å²) in [5, 5.41) is 0. The molecular weight excluding hydrogens is 315 g/mol. The van der Waals surface area contributed by atoms with Crippen LogP contribution in [0.1, 0.15) is 12.5 Å². The van der Waals surface area contributed by atoms with Crippen molar-refractivity contribution in [2.45, 2.75) is 23.7 Å². The summed E-state index contributed by atoms with van der Waals surface area (Å²) in [6, 6.07) is 3.87. The van der Waals surface area contributed by atoms with Gasteiger partial charge in [0.1, 0.15) is 5.82 Å². The van der Waals surface area contributed by atoms with Gasteiger partial charge in [-0.2, -0.15) is 4.31 Å². The minimum absolute atomic E-state index is 0.0240. The molecule has 2 unspecified atom stereocenters. The Labute approximate surface area is 130 Å². The quantitative estimate of drug-likeness (QED) is 0.792. The lowest BCUT2D eigenvalue weighted by atomic mass is 10.1. The van der Waals surface area contributed by atoms with Gasteiger partial charge in [-0.25, -0.2) is 12.8 Å². The van der Waals surface area contributed by atoms with Crippen molar-refractivity contribution in [1.29, 1.82) is 0 Å². The molecule has 4 nitrogen and oxygen atoms in total. The number of likely N-dealkylation sites (N-methyl/N-ethyl adjacent to an activating group) is 1. The predicted octanol–water partition coefficient (Wildman–Crippen LogP) is 2.14. The highest BCUT2D eigenvalue weighted by Gasteiger charge is 2.38. The number of rotatable bonds is 4. The number of alkyl halides is 1. The van der Waals surface area contributed by atoms with Crippen molar-refractivity contribution in [3.8, 4) is 0 Å². The summed E-state index contributed by atoms with van der Waals surface area (Å²) in [5.41, 5.74) is 0.430. The highest BCUT2D eigenvalue weighted by Crippen LogP contribution is 2.29. The van der Waals surface area contributed by atoms with Gasteiger partial charge < -0.3 is 4.90 Å². The molecule has 21 heavy (non-hydrogen) atoms. The number of nitrogens with zero attached hydrogens (tertiary/aromatic N) is 2. The zero-order valence-corrected chi connectivity index (χ0v) is 14.0. The fraction of sp³-hybridized carbons (Fsp3) is 0.571. The second-order valence-corrected chi connectivity index (χ2v) is 7.89. The number of hydrogen-bond acceptors (Lipinski definition) is 3. The first kappa shape index (κ1) is 16.7. The van der Waals surface area contributed by atoms with Crippen LogP contribution in [-0.2, 0) is 15.9 Å². The van der Waals surface area contributed by atoms with Crippen molar-refractivity contribution in [2.24, 2.45) is 5.92 Å². The maximum atomic E-state index is 13.4. The minimum atomic E-state index is -3.72. The van der Waals surface area contributed by atoms with Crippen LogP contribution >= 0.6 is 11.6 Å². The SMILES string of the molecule is CC1CN(S(=O)(=O)c2cc(F)ccc2CCl)CC1N(C)C. The van der Waals surface area contributed by atoms with Crippen LogP contribution in [-0.4, -0.2) is 50.8 Å². The molecule has 1 aromatic rings. The molecule has 0 bridgehead atoms. The van der Waals surface area contributed by atoms with E-state index in [9.17, 15) is 12.8 Å². The van der Waals surface area contributed by atoms with E-state index in [0.717, 1.165) is 6.07 Å². The van der Waals surface area contributed by atoms with E-state index in [2.05, 4.69) is 0 Å². The molecule has 7 heteroatoms. The van der Waals surface area contributed by atoms with Gasteiger partial charge >= 0.3 is 0 Å². The van der Waals surface area contributed by atoms with Crippen LogP contribution in [0.25, 0.3) is 0 Å². The number of benzene rings is 1. The van der Waals surface area contributed by atoms with Crippen molar-refractivity contribution in [2.75, 3.05) is 27.2 Å². The first-order chi connectivity index (χ1) is 9.77. The van der Waals surface area contributed by atoms with Crippen LogP contribution in [0.5, 0.6) is 0 Å². The molecule has 118 valence electrons. The topological polar surface area (TPSA) is 40.6 Å². The van der Waals surface area contributed by atoms with E-state index in [1.165, 1.54) is 16.4 Å². The molecule has 1 saturated heterocycles. The number of sulfonamides is 1. The average Bonchev–Trinajstić information content (AvgIpc) is 2.81. The normalized spacial score (nSPS) is 23.9. The van der Waals surface area contributed by atoms with Crippen molar-refractivity contribution in [1.82, 2.24) is 9.21 Å². The summed E-state index contributed by atoms with van der Waals surface area (Å²) >= 11 is 5.79. The van der Waals surface area contributed by atoms with Gasteiger partial charge in [0.15, 0.2) is 0 Å². The van der Waals surface area contributed by atoms with Crippen molar-refractivity contribution in [3.05, 3.63) is 29.6 Å². The molecule has 1 aliphatic heterocycles. The monoisotopic (exact) mass is 334 g/mol. The molecule has 0 N–H and O–H groups in total. The fourth-order valence-electron chi connectivity index (χ4n) is 2.79. The van der Waals surface area contributed by atoms with E-state index in [4.69, 9.17) is 11.6 Å². The third-order valence-electron chi connectivity index (χ3n) is 3.99. The van der Waals surface area contributed by atoms with Crippen LogP contribution in [0.4, 0.5) is 4.39 Å². The molecule has 0 aromatic heterocycles. The highest BCUT2D eigenvalue weighted by atomic mass is 35.5. The van der Waals surface area contributed by atoms with Gasteiger partial charge in [-0.1, -0.05) is 13.0 Å². The van der Waals surface area contributed by atoms with Crippen LogP contribution in [0, 0.1) is 11.7 Å². The molecule has 1 fully saturated rings. The molecule has 1 aliphatic rings. The molecule has 1 aromatic carbocycles. The third-order valence-corrected chi connectivity index (χ3v) is 6.20. The molecule has 2 rings (SSSR count). The zero-order valence-electron chi connectivity index (χ0n) is 12.4. The minimum Gasteiger partial charge on any atom is -0.305 e. The summed E-state index contributed by atoms with van der Waals surface area (Å²) in [6.45, 7) is 2.87. The lowest BCUT2D eigenvalue weighted by Gasteiger charge is -2.22. The van der Waals surface area contributed by atoms with Gasteiger partial charge in [0.05, 0.1) is 4.90 Å². The molecule has 2 atom stereocenters. The molecular formula is C14H20ClFN2O2S. The molecule has 0 spiro atoms. The molecule has 0 saturated carbocycles. The third kappa shape index (κ3) is 3.23. The van der Waals surface area contributed by atoms with E-state index >= 15 is 0 Å². The Bertz CT molecular complexity index is 621. The van der Waals surface area contributed by atoms with Crippen molar-refractivity contribution < 1.29 is 12.8 Å². The molecule has 0 aliphatic carbocycles. The Kier molecular flexibility index (Phi) is 4.92. The van der Waals surface area contributed by atoms with E-state index in [-0.39, 0.29) is 22.7 Å². The summed E-state index contributed by atoms with van der Waals surface area (Å²) in [6.07, 6.45) is 0. The largest absolute Gasteiger partial charge is 0.305 e. The van der Waals surface area contributed by atoms with E-state index < -0.39 is 15.8 Å². The Hall–Kier alpha value is -0.690. The van der Waals surface area contributed by atoms with Crippen LogP contribution in [0.15, 0.2) is 23.1 Å². The van der Waals surface area contributed by atoms with E-state index in [1.807, 2.05) is 25.9 Å². The van der Waals surface area contributed by atoms with Gasteiger partial charge in [-0.15, -0.1) is 11.6 Å². The molecule has 1 heterocycles. The standard InChI is InChI=1S/C14H20ClFN2O2S/c1-10-8-18(9-13(10)17(2)3)21(19,20)14-6-12(16)5-4-11(14)7-15/h4-6,10,13H,7-9H2,1-3H3. The molecule has 0 radical (unpaired) electrons. The van der Waals surface area contributed by atoms with Gasteiger partial charge in [0.25, 0.3) is 0 Å². The van der Waals surface area contributed by atoms with Gasteiger partial charge in [0.2, 0.25) is 10.0 Å². The van der Waals surface area contributed by atoms with E-state index in [0.29, 0.717) is 18.7 Å². The lowest BCUT2D eigenvalue weighted by Crippen LogP contribution is -2.36. The first-order valence-electron chi connectivity index (χ1n) is 6.78. The molecule has 0 amide bonds. The first-order valence-corrected chi connectivity index (χ1v) is 8.75. The average molecular weight is 335 g/mol. The van der Waals surface area contributed by atoms with Crippen molar-refractivity contribution >= 4 is 21.6 Å². The van der Waals surface area contributed by atoms with Crippen LogP contribution in [0.2, 0.25) is 0 Å². The van der Waals surface area contributed by atoms with Crippen LogP contribution in [0.3, 0.4) is 0 Å². The summed E-state index contributed by atoms with van der Waals surface area (Å²) in [4.78, 5) is 2.00. The maximum Gasteiger partial charge on any atom is 0.243 e. The Morgan fingerprint density at radius 1 is 1.38 bits per heavy atom. The van der Waals surface area contributed by atoms with Gasteiger partial charge in [-0.3, -0.25) is 0 Å². The Morgan fingerprint density at radius 2 is 2.05 bits per heavy atom. The smallest absolute Gasteiger partial charge is 0.243 e. The fourth-order valence-corrected chi connectivity index (χ4v) is 4.90. The predicted molar refractivity (Wildman–Crippen MR) is 81.4 cm³/mol. The maximum absolute atomic E-state index is 13.4. The summed E-state index contributed by atoms with van der Waals surface area (Å²) < 4.78 is 40.4. The Balaban J connectivity index is 2.38. The summed E-state index contributed by atoms with van der Waals surface area (Å²) in [7, 11) is 0.147. The number of halogens is 2.